The Balaban J connectivity index is 1.56. The molecule has 0 unspecified atom stereocenters. The van der Waals surface area contributed by atoms with Crippen molar-refractivity contribution in [3.63, 3.8) is 0 Å². The topological polar surface area (TPSA) is 81.3 Å². The van der Waals surface area contributed by atoms with E-state index in [2.05, 4.69) is 30.4 Å². The maximum atomic E-state index is 5.19. The third-order valence-corrected chi connectivity index (χ3v) is 4.70. The molecule has 0 bridgehead atoms. The number of aromatic nitrogens is 6. The molecule has 0 spiro atoms. The Kier molecular flexibility index (Phi) is 3.34. The minimum atomic E-state index is 0.346. The lowest BCUT2D eigenvalue weighted by Crippen LogP contribution is -2.33. The second kappa shape index (κ2) is 5.48. The molecule has 4 rings (SSSR count). The van der Waals surface area contributed by atoms with Gasteiger partial charge in [-0.25, -0.2) is 0 Å². The number of fused-ring (bicyclic) bond motifs is 1. The molecule has 1 aliphatic rings. The molecule has 0 radical (unpaired) electrons. The number of ether oxygens (including phenoxy) is 1. The van der Waals surface area contributed by atoms with E-state index < -0.39 is 0 Å². The van der Waals surface area contributed by atoms with Gasteiger partial charge in [-0.05, 0) is 18.9 Å². The minimum Gasteiger partial charge on any atom is -0.480 e. The zero-order chi connectivity index (χ0) is 14.9. The lowest BCUT2D eigenvalue weighted by molar-refractivity contribution is 0.387. The first-order valence-corrected chi connectivity index (χ1v) is 8.00. The zero-order valence-electron chi connectivity index (χ0n) is 12.1. The van der Waals surface area contributed by atoms with Crippen molar-refractivity contribution in [1.82, 2.24) is 30.0 Å². The van der Waals surface area contributed by atoms with Gasteiger partial charge in [-0.3, -0.25) is 0 Å². The van der Waals surface area contributed by atoms with E-state index >= 15 is 0 Å². The number of piperidine rings is 1. The molecule has 1 fully saturated rings. The molecule has 3 aromatic rings. The van der Waals surface area contributed by atoms with Crippen LogP contribution in [0.15, 0.2) is 17.6 Å². The van der Waals surface area contributed by atoms with E-state index in [1.165, 1.54) is 0 Å². The molecular weight excluding hydrogens is 302 g/mol. The summed E-state index contributed by atoms with van der Waals surface area (Å²) in [5.41, 5.74) is 2.52. The largest absolute Gasteiger partial charge is 0.480 e. The Hall–Kier alpha value is -2.29. The predicted octanol–water partition coefficient (Wildman–Crippen LogP) is 1.37. The summed E-state index contributed by atoms with van der Waals surface area (Å²) in [5.74, 6) is 1.82. The van der Waals surface area contributed by atoms with Crippen LogP contribution >= 0.6 is 11.3 Å². The summed E-state index contributed by atoms with van der Waals surface area (Å²) >= 11 is 1.58. The first-order valence-electron chi connectivity index (χ1n) is 7.12. The van der Waals surface area contributed by atoms with E-state index in [1.807, 2.05) is 6.07 Å². The van der Waals surface area contributed by atoms with Gasteiger partial charge in [0.15, 0.2) is 11.5 Å². The monoisotopic (exact) mass is 317 g/mol. The third kappa shape index (κ3) is 2.27. The summed E-state index contributed by atoms with van der Waals surface area (Å²) in [7, 11) is 1.61. The summed E-state index contributed by atoms with van der Waals surface area (Å²) in [6.45, 7) is 1.89. The van der Waals surface area contributed by atoms with Crippen LogP contribution in [0.2, 0.25) is 0 Å². The molecule has 1 aliphatic heterocycles. The van der Waals surface area contributed by atoms with Gasteiger partial charge in [0.2, 0.25) is 11.0 Å². The van der Waals surface area contributed by atoms with E-state index in [0.29, 0.717) is 11.8 Å². The highest BCUT2D eigenvalue weighted by Crippen LogP contribution is 2.30. The molecule has 3 aromatic heterocycles. The Labute approximate surface area is 130 Å². The number of methoxy groups -OCH3 is 1. The average Bonchev–Trinajstić information content (AvgIpc) is 3.24. The lowest BCUT2D eigenvalue weighted by atomic mass is 9.96. The van der Waals surface area contributed by atoms with Crippen LogP contribution in [0.4, 0.5) is 5.13 Å². The Morgan fingerprint density at radius 1 is 1.18 bits per heavy atom. The molecule has 0 atom stereocenters. The molecule has 9 heteroatoms. The van der Waals surface area contributed by atoms with Crippen LogP contribution in [0.5, 0.6) is 5.88 Å². The van der Waals surface area contributed by atoms with Crippen LogP contribution in [0.1, 0.15) is 24.6 Å². The van der Waals surface area contributed by atoms with Crippen LogP contribution in [-0.4, -0.2) is 50.2 Å². The molecule has 0 aliphatic carbocycles. The number of hydrogen-bond acceptors (Lipinski definition) is 8. The first kappa shape index (κ1) is 13.4. The second-order valence-corrected chi connectivity index (χ2v) is 6.00. The SMILES string of the molecule is COc1ccc2nnc(C3CCN(c4nncs4)CC3)n2n1. The number of hydrogen-bond donors (Lipinski definition) is 0. The molecule has 1 saturated heterocycles. The van der Waals surface area contributed by atoms with Gasteiger partial charge in [0, 0.05) is 25.1 Å². The van der Waals surface area contributed by atoms with E-state index in [-0.39, 0.29) is 0 Å². The van der Waals surface area contributed by atoms with E-state index in [1.54, 1.807) is 34.5 Å². The summed E-state index contributed by atoms with van der Waals surface area (Å²) in [4.78, 5) is 2.27. The maximum absolute atomic E-state index is 5.19. The van der Waals surface area contributed by atoms with E-state index in [9.17, 15) is 0 Å². The summed E-state index contributed by atoms with van der Waals surface area (Å²) in [6, 6.07) is 3.67. The van der Waals surface area contributed by atoms with Crippen molar-refractivity contribution >= 4 is 22.1 Å². The van der Waals surface area contributed by atoms with Gasteiger partial charge in [0.25, 0.3) is 0 Å². The molecule has 22 heavy (non-hydrogen) atoms. The third-order valence-electron chi connectivity index (χ3n) is 3.95. The maximum Gasteiger partial charge on any atom is 0.231 e. The Morgan fingerprint density at radius 3 is 2.77 bits per heavy atom. The molecule has 0 amide bonds. The van der Waals surface area contributed by atoms with E-state index in [4.69, 9.17) is 4.74 Å². The van der Waals surface area contributed by atoms with Crippen LogP contribution in [0, 0.1) is 0 Å². The quantitative estimate of drug-likeness (QED) is 0.721. The second-order valence-electron chi connectivity index (χ2n) is 5.19. The van der Waals surface area contributed by atoms with Crippen molar-refractivity contribution in [2.45, 2.75) is 18.8 Å². The van der Waals surface area contributed by atoms with Gasteiger partial charge in [-0.1, -0.05) is 11.3 Å². The molecule has 0 N–H and O–H groups in total. The summed E-state index contributed by atoms with van der Waals surface area (Å²) in [5, 5.41) is 22.0. The fraction of sp³-hybridized carbons (Fsp3) is 0.462. The highest BCUT2D eigenvalue weighted by Gasteiger charge is 2.26. The van der Waals surface area contributed by atoms with Crippen LogP contribution in [0.3, 0.4) is 0 Å². The van der Waals surface area contributed by atoms with Crippen molar-refractivity contribution in [3.05, 3.63) is 23.5 Å². The van der Waals surface area contributed by atoms with Gasteiger partial charge in [0.05, 0.1) is 7.11 Å². The van der Waals surface area contributed by atoms with Crippen LogP contribution in [0.25, 0.3) is 5.65 Å². The molecule has 8 nitrogen and oxygen atoms in total. The average molecular weight is 317 g/mol. The molecule has 4 heterocycles. The molecule has 114 valence electrons. The highest BCUT2D eigenvalue weighted by atomic mass is 32.1. The zero-order valence-corrected chi connectivity index (χ0v) is 12.9. The van der Waals surface area contributed by atoms with Crippen molar-refractivity contribution in [1.29, 1.82) is 0 Å². The van der Waals surface area contributed by atoms with E-state index in [0.717, 1.165) is 42.5 Å². The predicted molar refractivity (Wildman–Crippen MR) is 81.4 cm³/mol. The molecule has 0 saturated carbocycles. The molecular formula is C13H15N7OS. The standard InChI is InChI=1S/C13H15N7OS/c1-21-11-3-2-10-15-16-12(20(10)18-11)9-4-6-19(7-5-9)13-17-14-8-22-13/h2-3,8-9H,4-7H2,1H3. The number of nitrogens with zero attached hydrogens (tertiary/aromatic N) is 7. The van der Waals surface area contributed by atoms with Crippen molar-refractivity contribution in [3.8, 4) is 5.88 Å². The first-order chi connectivity index (χ1) is 10.8. The van der Waals surface area contributed by atoms with Gasteiger partial charge in [-0.15, -0.1) is 25.5 Å². The van der Waals surface area contributed by atoms with Gasteiger partial charge in [-0.2, -0.15) is 4.52 Å². The highest BCUT2D eigenvalue weighted by molar-refractivity contribution is 7.13. The summed E-state index contributed by atoms with van der Waals surface area (Å²) < 4.78 is 6.99. The Morgan fingerprint density at radius 2 is 2.05 bits per heavy atom. The fourth-order valence-corrected chi connectivity index (χ4v) is 3.40. The van der Waals surface area contributed by atoms with Crippen molar-refractivity contribution in [2.75, 3.05) is 25.1 Å². The van der Waals surface area contributed by atoms with Gasteiger partial charge >= 0.3 is 0 Å². The fourth-order valence-electron chi connectivity index (χ4n) is 2.79. The smallest absolute Gasteiger partial charge is 0.231 e. The van der Waals surface area contributed by atoms with Crippen molar-refractivity contribution in [2.24, 2.45) is 0 Å². The lowest BCUT2D eigenvalue weighted by Gasteiger charge is -2.30. The minimum absolute atomic E-state index is 0.346. The van der Waals surface area contributed by atoms with Gasteiger partial charge in [0.1, 0.15) is 5.51 Å². The summed E-state index contributed by atoms with van der Waals surface area (Å²) in [6.07, 6.45) is 2.00. The molecule has 0 aromatic carbocycles. The van der Waals surface area contributed by atoms with Gasteiger partial charge < -0.3 is 9.64 Å². The normalized spacial score (nSPS) is 16.3. The Bertz CT molecular complexity index is 764. The van der Waals surface area contributed by atoms with Crippen LogP contribution < -0.4 is 9.64 Å². The number of rotatable bonds is 3. The van der Waals surface area contributed by atoms with Crippen LogP contribution in [-0.2, 0) is 0 Å². The van der Waals surface area contributed by atoms with Crippen molar-refractivity contribution < 1.29 is 4.74 Å². The number of anilines is 1.